The second-order valence-electron chi connectivity index (χ2n) is 6.35. The Kier molecular flexibility index (Phi) is 5.97. The van der Waals surface area contributed by atoms with Crippen LogP contribution in [0.3, 0.4) is 0 Å². The molecule has 122 valence electrons. The van der Waals surface area contributed by atoms with Crippen LogP contribution in [-0.2, 0) is 9.59 Å². The Balaban J connectivity index is 2.86. The third-order valence-electron chi connectivity index (χ3n) is 3.31. The van der Waals surface area contributed by atoms with Crippen LogP contribution in [0.1, 0.15) is 33.3 Å². The SMILES string of the molecule is COc1ccc(C)cc1N(CCNC(=O)C(C)(C)C)C(C)=O. The van der Waals surface area contributed by atoms with E-state index in [4.69, 9.17) is 4.74 Å². The molecule has 0 aliphatic heterocycles. The molecule has 0 spiro atoms. The fraction of sp³-hybridized carbons (Fsp3) is 0.529. The molecular weight excluding hydrogens is 280 g/mol. The number of amides is 2. The molecule has 2 amide bonds. The molecule has 0 saturated carbocycles. The number of carbonyl (C=O) groups is 2. The first kappa shape index (κ1) is 18.0. The molecule has 0 aromatic heterocycles. The molecule has 0 bridgehead atoms. The Labute approximate surface area is 132 Å². The number of benzene rings is 1. The minimum absolute atomic E-state index is 0.0350. The van der Waals surface area contributed by atoms with Gasteiger partial charge in [-0.15, -0.1) is 0 Å². The second kappa shape index (κ2) is 7.29. The molecule has 1 aromatic rings. The molecular formula is C17H26N2O3. The van der Waals surface area contributed by atoms with Gasteiger partial charge in [0.1, 0.15) is 5.75 Å². The van der Waals surface area contributed by atoms with Crippen molar-refractivity contribution in [1.29, 1.82) is 0 Å². The predicted octanol–water partition coefficient (Wildman–Crippen LogP) is 2.52. The van der Waals surface area contributed by atoms with Crippen LogP contribution in [0.15, 0.2) is 18.2 Å². The van der Waals surface area contributed by atoms with Crippen molar-refractivity contribution in [3.63, 3.8) is 0 Å². The first-order valence-corrected chi connectivity index (χ1v) is 7.38. The fourth-order valence-electron chi connectivity index (χ4n) is 2.00. The summed E-state index contributed by atoms with van der Waals surface area (Å²) < 4.78 is 5.33. The monoisotopic (exact) mass is 306 g/mol. The Hall–Kier alpha value is -2.04. The Morgan fingerprint density at radius 2 is 1.91 bits per heavy atom. The molecule has 0 saturated heterocycles. The summed E-state index contributed by atoms with van der Waals surface area (Å²) in [6.07, 6.45) is 0. The number of hydrogen-bond acceptors (Lipinski definition) is 3. The molecule has 0 aliphatic rings. The number of aryl methyl sites for hydroxylation is 1. The van der Waals surface area contributed by atoms with Crippen molar-refractivity contribution < 1.29 is 14.3 Å². The van der Waals surface area contributed by atoms with Gasteiger partial charge in [0.2, 0.25) is 11.8 Å². The van der Waals surface area contributed by atoms with Crippen molar-refractivity contribution in [2.75, 3.05) is 25.1 Å². The van der Waals surface area contributed by atoms with E-state index < -0.39 is 5.41 Å². The van der Waals surface area contributed by atoms with Crippen LogP contribution >= 0.6 is 0 Å². The largest absolute Gasteiger partial charge is 0.495 e. The Bertz CT molecular complexity index is 547. The molecule has 1 rings (SSSR count). The van der Waals surface area contributed by atoms with Gasteiger partial charge in [-0.1, -0.05) is 26.8 Å². The van der Waals surface area contributed by atoms with Crippen LogP contribution in [-0.4, -0.2) is 32.0 Å². The van der Waals surface area contributed by atoms with Crippen LogP contribution in [0.25, 0.3) is 0 Å². The lowest BCUT2D eigenvalue weighted by Crippen LogP contribution is -2.41. The number of nitrogens with one attached hydrogen (secondary N) is 1. The van der Waals surface area contributed by atoms with E-state index >= 15 is 0 Å². The van der Waals surface area contributed by atoms with Gasteiger partial charge in [0.05, 0.1) is 12.8 Å². The van der Waals surface area contributed by atoms with Gasteiger partial charge in [-0.2, -0.15) is 0 Å². The minimum Gasteiger partial charge on any atom is -0.495 e. The summed E-state index contributed by atoms with van der Waals surface area (Å²) in [7, 11) is 1.58. The first-order chi connectivity index (χ1) is 10.2. The number of hydrogen-bond donors (Lipinski definition) is 1. The second-order valence-corrected chi connectivity index (χ2v) is 6.35. The summed E-state index contributed by atoms with van der Waals surface area (Å²) in [6.45, 7) is 9.83. The molecule has 0 fully saturated rings. The van der Waals surface area contributed by atoms with Crippen molar-refractivity contribution in [2.24, 2.45) is 5.41 Å². The van der Waals surface area contributed by atoms with Gasteiger partial charge in [0, 0.05) is 25.4 Å². The molecule has 0 radical (unpaired) electrons. The Morgan fingerprint density at radius 1 is 1.27 bits per heavy atom. The molecule has 0 heterocycles. The zero-order valence-corrected chi connectivity index (χ0v) is 14.3. The maximum absolute atomic E-state index is 12.0. The lowest BCUT2D eigenvalue weighted by molar-refractivity contribution is -0.128. The standard InChI is InChI=1S/C17H26N2O3/c1-12-7-8-15(22-6)14(11-12)19(13(2)20)10-9-18-16(21)17(3,4)5/h7-8,11H,9-10H2,1-6H3,(H,18,21). The van der Waals surface area contributed by atoms with Crippen molar-refractivity contribution in [3.05, 3.63) is 23.8 Å². The van der Waals surface area contributed by atoms with Crippen molar-refractivity contribution in [1.82, 2.24) is 5.32 Å². The summed E-state index contributed by atoms with van der Waals surface area (Å²) in [5, 5.41) is 2.86. The molecule has 22 heavy (non-hydrogen) atoms. The van der Waals surface area contributed by atoms with Gasteiger partial charge in [0.25, 0.3) is 0 Å². The lowest BCUT2D eigenvalue weighted by atomic mass is 9.96. The maximum atomic E-state index is 12.0. The molecule has 0 atom stereocenters. The van der Waals surface area contributed by atoms with Gasteiger partial charge in [-0.05, 0) is 24.6 Å². The summed E-state index contributed by atoms with van der Waals surface area (Å²) in [5.41, 5.74) is 1.32. The van der Waals surface area contributed by atoms with Crippen molar-refractivity contribution >= 4 is 17.5 Å². The summed E-state index contributed by atoms with van der Waals surface area (Å²) >= 11 is 0. The zero-order chi connectivity index (χ0) is 16.9. The van der Waals surface area contributed by atoms with E-state index in [-0.39, 0.29) is 11.8 Å². The molecule has 1 N–H and O–H groups in total. The first-order valence-electron chi connectivity index (χ1n) is 7.38. The quantitative estimate of drug-likeness (QED) is 0.909. The van der Waals surface area contributed by atoms with E-state index in [1.165, 1.54) is 6.92 Å². The smallest absolute Gasteiger partial charge is 0.225 e. The average molecular weight is 306 g/mol. The normalized spacial score (nSPS) is 11.0. The third kappa shape index (κ3) is 4.76. The van der Waals surface area contributed by atoms with Gasteiger partial charge in [-0.25, -0.2) is 0 Å². The average Bonchev–Trinajstić information content (AvgIpc) is 2.41. The van der Waals surface area contributed by atoms with E-state index in [1.54, 1.807) is 12.0 Å². The summed E-state index contributed by atoms with van der Waals surface area (Å²) in [4.78, 5) is 25.5. The van der Waals surface area contributed by atoms with Crippen molar-refractivity contribution in [3.8, 4) is 5.75 Å². The van der Waals surface area contributed by atoms with Crippen LogP contribution in [0.4, 0.5) is 5.69 Å². The van der Waals surface area contributed by atoms with E-state index in [0.29, 0.717) is 18.8 Å². The number of rotatable bonds is 5. The van der Waals surface area contributed by atoms with E-state index in [9.17, 15) is 9.59 Å². The summed E-state index contributed by atoms with van der Waals surface area (Å²) in [6, 6.07) is 5.68. The zero-order valence-electron chi connectivity index (χ0n) is 14.3. The van der Waals surface area contributed by atoms with Crippen molar-refractivity contribution in [2.45, 2.75) is 34.6 Å². The highest BCUT2D eigenvalue weighted by Gasteiger charge is 2.22. The molecule has 1 aromatic carbocycles. The highest BCUT2D eigenvalue weighted by molar-refractivity contribution is 5.93. The van der Waals surface area contributed by atoms with Gasteiger partial charge < -0.3 is 15.0 Å². The number of ether oxygens (including phenoxy) is 1. The van der Waals surface area contributed by atoms with E-state index in [0.717, 1.165) is 11.3 Å². The summed E-state index contributed by atoms with van der Waals surface area (Å²) in [5.74, 6) is 0.518. The molecule has 5 nitrogen and oxygen atoms in total. The van der Waals surface area contributed by atoms with Gasteiger partial charge in [-0.3, -0.25) is 9.59 Å². The third-order valence-corrected chi connectivity index (χ3v) is 3.31. The van der Waals surface area contributed by atoms with Crippen LogP contribution in [0.2, 0.25) is 0 Å². The van der Waals surface area contributed by atoms with E-state index in [2.05, 4.69) is 5.32 Å². The Morgan fingerprint density at radius 3 is 2.41 bits per heavy atom. The van der Waals surface area contributed by atoms with Crippen LogP contribution in [0, 0.1) is 12.3 Å². The molecule has 0 aliphatic carbocycles. The highest BCUT2D eigenvalue weighted by Crippen LogP contribution is 2.29. The lowest BCUT2D eigenvalue weighted by Gasteiger charge is -2.25. The minimum atomic E-state index is -0.442. The number of nitrogens with zero attached hydrogens (tertiary/aromatic N) is 1. The van der Waals surface area contributed by atoms with E-state index in [1.807, 2.05) is 45.9 Å². The molecule has 0 unspecified atom stereocenters. The highest BCUT2D eigenvalue weighted by atomic mass is 16.5. The van der Waals surface area contributed by atoms with Gasteiger partial charge in [0.15, 0.2) is 0 Å². The maximum Gasteiger partial charge on any atom is 0.225 e. The fourth-order valence-corrected chi connectivity index (χ4v) is 2.00. The number of anilines is 1. The predicted molar refractivity (Wildman–Crippen MR) is 88.2 cm³/mol. The van der Waals surface area contributed by atoms with Crippen LogP contribution < -0.4 is 15.0 Å². The van der Waals surface area contributed by atoms with Gasteiger partial charge >= 0.3 is 0 Å². The number of carbonyl (C=O) groups excluding carboxylic acids is 2. The van der Waals surface area contributed by atoms with Crippen LogP contribution in [0.5, 0.6) is 5.75 Å². The topological polar surface area (TPSA) is 58.6 Å². The number of methoxy groups -OCH3 is 1. The molecule has 5 heteroatoms.